The van der Waals surface area contributed by atoms with E-state index in [4.69, 9.17) is 9.47 Å². The summed E-state index contributed by atoms with van der Waals surface area (Å²) in [6.07, 6.45) is 2.50. The van der Waals surface area contributed by atoms with Gasteiger partial charge >= 0.3 is 0 Å². The van der Waals surface area contributed by atoms with Gasteiger partial charge in [0.25, 0.3) is 0 Å². The van der Waals surface area contributed by atoms with Crippen LogP contribution in [0.3, 0.4) is 0 Å². The Morgan fingerprint density at radius 1 is 1.17 bits per heavy atom. The SMILES string of the molecule is CCNC(=NCc1cccc(COCCOCC)c1)NC1CC1.I. The number of hydrogen-bond acceptors (Lipinski definition) is 3. The molecule has 0 unspecified atom stereocenters. The molecule has 0 saturated heterocycles. The van der Waals surface area contributed by atoms with E-state index >= 15 is 0 Å². The monoisotopic (exact) mass is 447 g/mol. The zero-order valence-corrected chi connectivity index (χ0v) is 17.0. The number of benzene rings is 1. The van der Waals surface area contributed by atoms with Gasteiger partial charge in [0.15, 0.2) is 5.96 Å². The second kappa shape index (κ2) is 12.5. The quantitative estimate of drug-likeness (QED) is 0.251. The summed E-state index contributed by atoms with van der Waals surface area (Å²) in [5.74, 6) is 0.911. The van der Waals surface area contributed by atoms with Gasteiger partial charge in [0.2, 0.25) is 0 Å². The van der Waals surface area contributed by atoms with Gasteiger partial charge in [-0.2, -0.15) is 0 Å². The Labute approximate surface area is 162 Å². The molecule has 0 bridgehead atoms. The Bertz CT molecular complexity index is 493. The van der Waals surface area contributed by atoms with E-state index in [1.807, 2.05) is 6.92 Å². The van der Waals surface area contributed by atoms with Crippen LogP contribution < -0.4 is 10.6 Å². The predicted molar refractivity (Wildman–Crippen MR) is 109 cm³/mol. The highest BCUT2D eigenvalue weighted by molar-refractivity contribution is 14.0. The van der Waals surface area contributed by atoms with E-state index in [0.29, 0.717) is 32.4 Å². The van der Waals surface area contributed by atoms with Crippen molar-refractivity contribution in [1.29, 1.82) is 0 Å². The molecule has 0 aliphatic heterocycles. The molecule has 0 aromatic heterocycles. The first-order chi connectivity index (χ1) is 11.3. The van der Waals surface area contributed by atoms with Crippen molar-refractivity contribution in [3.05, 3.63) is 35.4 Å². The topological polar surface area (TPSA) is 54.9 Å². The maximum atomic E-state index is 5.62. The first kappa shape index (κ1) is 21.2. The maximum absolute atomic E-state index is 5.62. The van der Waals surface area contributed by atoms with Gasteiger partial charge < -0.3 is 20.1 Å². The lowest BCUT2D eigenvalue weighted by Gasteiger charge is -2.10. The molecule has 1 fully saturated rings. The molecule has 0 radical (unpaired) electrons. The molecule has 1 aromatic carbocycles. The third kappa shape index (κ3) is 8.84. The summed E-state index contributed by atoms with van der Waals surface area (Å²) in [5.41, 5.74) is 2.37. The van der Waals surface area contributed by atoms with Crippen LogP contribution in [-0.2, 0) is 22.6 Å². The summed E-state index contributed by atoms with van der Waals surface area (Å²) in [4.78, 5) is 4.66. The van der Waals surface area contributed by atoms with Crippen molar-refractivity contribution in [2.45, 2.75) is 45.9 Å². The van der Waals surface area contributed by atoms with E-state index in [1.165, 1.54) is 24.0 Å². The van der Waals surface area contributed by atoms with Crippen molar-refractivity contribution in [1.82, 2.24) is 10.6 Å². The van der Waals surface area contributed by atoms with E-state index in [1.54, 1.807) is 0 Å². The number of aliphatic imine (C=N–C) groups is 1. The van der Waals surface area contributed by atoms with E-state index in [0.717, 1.165) is 19.1 Å². The molecule has 5 nitrogen and oxygen atoms in total. The van der Waals surface area contributed by atoms with Crippen LogP contribution >= 0.6 is 24.0 Å². The summed E-state index contributed by atoms with van der Waals surface area (Å²) in [7, 11) is 0. The largest absolute Gasteiger partial charge is 0.379 e. The molecular weight excluding hydrogens is 417 g/mol. The summed E-state index contributed by atoms with van der Waals surface area (Å²) < 4.78 is 10.9. The van der Waals surface area contributed by atoms with Gasteiger partial charge in [0.05, 0.1) is 26.4 Å². The molecule has 24 heavy (non-hydrogen) atoms. The van der Waals surface area contributed by atoms with Crippen LogP contribution in [0.25, 0.3) is 0 Å². The second-order valence-electron chi connectivity index (χ2n) is 5.68. The molecule has 2 rings (SSSR count). The first-order valence-electron chi connectivity index (χ1n) is 8.60. The lowest BCUT2D eigenvalue weighted by molar-refractivity contribution is 0.0453. The molecule has 6 heteroatoms. The standard InChI is InChI=1S/C18H29N3O2.HI/c1-3-19-18(21-17-8-9-17)20-13-15-6-5-7-16(12-15)14-23-11-10-22-4-2;/h5-7,12,17H,3-4,8-11,13-14H2,1-2H3,(H2,19,20,21);1H. The lowest BCUT2D eigenvalue weighted by atomic mass is 10.1. The fraction of sp³-hybridized carbons (Fsp3) is 0.611. The molecule has 1 aromatic rings. The van der Waals surface area contributed by atoms with Gasteiger partial charge in [0.1, 0.15) is 0 Å². The van der Waals surface area contributed by atoms with Crippen molar-refractivity contribution >= 4 is 29.9 Å². The summed E-state index contributed by atoms with van der Waals surface area (Å²) >= 11 is 0. The van der Waals surface area contributed by atoms with Gasteiger partial charge in [-0.15, -0.1) is 24.0 Å². The van der Waals surface area contributed by atoms with Gasteiger partial charge in [0, 0.05) is 19.2 Å². The van der Waals surface area contributed by atoms with E-state index in [9.17, 15) is 0 Å². The molecular formula is C18H30IN3O2. The number of nitrogens with one attached hydrogen (secondary N) is 2. The molecule has 0 spiro atoms. The molecule has 136 valence electrons. The Kier molecular flexibility index (Phi) is 11.0. The predicted octanol–water partition coefficient (Wildman–Crippen LogP) is 3.08. The summed E-state index contributed by atoms with van der Waals surface area (Å²) in [6, 6.07) is 9.02. The van der Waals surface area contributed by atoms with Crippen LogP contribution in [-0.4, -0.2) is 38.4 Å². The molecule has 1 aliphatic rings. The van der Waals surface area contributed by atoms with Crippen LogP contribution in [0.15, 0.2) is 29.3 Å². The Morgan fingerprint density at radius 2 is 1.92 bits per heavy atom. The number of rotatable bonds is 10. The average Bonchev–Trinajstić information content (AvgIpc) is 3.37. The summed E-state index contributed by atoms with van der Waals surface area (Å²) in [6.45, 7) is 8.27. The van der Waals surface area contributed by atoms with Crippen LogP contribution in [0.1, 0.15) is 37.8 Å². The third-order valence-electron chi connectivity index (χ3n) is 3.52. The molecule has 2 N–H and O–H groups in total. The highest BCUT2D eigenvalue weighted by Gasteiger charge is 2.21. The third-order valence-corrected chi connectivity index (χ3v) is 3.52. The van der Waals surface area contributed by atoms with Gasteiger partial charge in [-0.1, -0.05) is 24.3 Å². The smallest absolute Gasteiger partial charge is 0.191 e. The van der Waals surface area contributed by atoms with Crippen LogP contribution in [0.4, 0.5) is 0 Å². The molecule has 0 atom stereocenters. The molecule has 1 saturated carbocycles. The minimum absolute atomic E-state index is 0. The number of nitrogens with zero attached hydrogens (tertiary/aromatic N) is 1. The fourth-order valence-corrected chi connectivity index (χ4v) is 2.18. The van der Waals surface area contributed by atoms with Crippen molar-refractivity contribution < 1.29 is 9.47 Å². The average molecular weight is 447 g/mol. The minimum atomic E-state index is 0. The van der Waals surface area contributed by atoms with Gasteiger partial charge in [-0.3, -0.25) is 0 Å². The van der Waals surface area contributed by atoms with E-state index < -0.39 is 0 Å². The van der Waals surface area contributed by atoms with Crippen molar-refractivity contribution in [2.75, 3.05) is 26.4 Å². The van der Waals surface area contributed by atoms with Crippen molar-refractivity contribution in [3.63, 3.8) is 0 Å². The molecule has 1 aliphatic carbocycles. The molecule has 0 amide bonds. The van der Waals surface area contributed by atoms with Crippen LogP contribution in [0.2, 0.25) is 0 Å². The Hall–Kier alpha value is -0.860. The van der Waals surface area contributed by atoms with Crippen molar-refractivity contribution in [3.8, 4) is 0 Å². The van der Waals surface area contributed by atoms with Gasteiger partial charge in [-0.05, 0) is 37.8 Å². The second-order valence-corrected chi connectivity index (χ2v) is 5.68. The normalized spacial score (nSPS) is 14.2. The highest BCUT2D eigenvalue weighted by Crippen LogP contribution is 2.18. The zero-order chi connectivity index (χ0) is 16.3. The Morgan fingerprint density at radius 3 is 2.62 bits per heavy atom. The fourth-order valence-electron chi connectivity index (χ4n) is 2.18. The maximum Gasteiger partial charge on any atom is 0.191 e. The van der Waals surface area contributed by atoms with Gasteiger partial charge in [-0.25, -0.2) is 4.99 Å². The van der Waals surface area contributed by atoms with E-state index in [-0.39, 0.29) is 24.0 Å². The van der Waals surface area contributed by atoms with Crippen LogP contribution in [0, 0.1) is 0 Å². The number of guanidine groups is 1. The Balaban J connectivity index is 0.00000288. The lowest BCUT2D eigenvalue weighted by Crippen LogP contribution is -2.38. The van der Waals surface area contributed by atoms with Crippen molar-refractivity contribution in [2.24, 2.45) is 4.99 Å². The van der Waals surface area contributed by atoms with E-state index in [2.05, 4.69) is 46.8 Å². The first-order valence-corrected chi connectivity index (χ1v) is 8.60. The van der Waals surface area contributed by atoms with Crippen LogP contribution in [0.5, 0.6) is 0 Å². The number of ether oxygens (including phenoxy) is 2. The zero-order valence-electron chi connectivity index (χ0n) is 14.7. The number of halogens is 1. The highest BCUT2D eigenvalue weighted by atomic mass is 127. The summed E-state index contributed by atoms with van der Waals surface area (Å²) in [5, 5.41) is 6.72. The molecule has 0 heterocycles. The number of hydrogen-bond donors (Lipinski definition) is 2. The minimum Gasteiger partial charge on any atom is -0.379 e.